The van der Waals surface area contributed by atoms with Crippen molar-refractivity contribution in [2.75, 3.05) is 25.5 Å². The highest BCUT2D eigenvalue weighted by Gasteiger charge is 2.27. The molecule has 3 aromatic rings. The number of halogens is 4. The lowest BCUT2D eigenvalue weighted by Gasteiger charge is -2.26. The van der Waals surface area contributed by atoms with Gasteiger partial charge in [-0.3, -0.25) is 0 Å². The third-order valence-corrected chi connectivity index (χ3v) is 6.29. The number of hydrogen-bond acceptors (Lipinski definition) is 7. The third-order valence-electron chi connectivity index (χ3n) is 5.51. The number of nitrogens with one attached hydrogen (secondary N) is 2. The number of ether oxygens (including phenoxy) is 2. The van der Waals surface area contributed by atoms with Crippen LogP contribution in [0.15, 0.2) is 28.0 Å². The van der Waals surface area contributed by atoms with E-state index >= 15 is 0 Å². The van der Waals surface area contributed by atoms with Crippen LogP contribution in [-0.2, 0) is 0 Å². The summed E-state index contributed by atoms with van der Waals surface area (Å²) in [7, 11) is 1.52. The maximum absolute atomic E-state index is 14.9. The van der Waals surface area contributed by atoms with Crippen molar-refractivity contribution in [2.24, 2.45) is 4.99 Å². The van der Waals surface area contributed by atoms with Crippen LogP contribution in [0, 0.1) is 5.82 Å². The van der Waals surface area contributed by atoms with Gasteiger partial charge in [0.15, 0.2) is 23.1 Å². The zero-order valence-electron chi connectivity index (χ0n) is 17.3. The SMILES string of the molecule is COc1cc2c3c(n(-c4ccc(Cl)c(Cl)c4F)c(=O)nc3c1OC1CCNCC1)N=CN2.Cl. The summed E-state index contributed by atoms with van der Waals surface area (Å²) in [6, 6.07) is 4.52. The highest BCUT2D eigenvalue weighted by atomic mass is 35.5. The fourth-order valence-corrected chi connectivity index (χ4v) is 4.26. The van der Waals surface area contributed by atoms with Gasteiger partial charge in [-0.2, -0.15) is 4.98 Å². The molecule has 2 N–H and O–H groups in total. The zero-order valence-corrected chi connectivity index (χ0v) is 19.7. The molecule has 2 aliphatic heterocycles. The Balaban J connectivity index is 0.00000259. The summed E-state index contributed by atoms with van der Waals surface area (Å²) in [6.07, 6.45) is 2.97. The van der Waals surface area contributed by atoms with Crippen LogP contribution >= 0.6 is 35.6 Å². The van der Waals surface area contributed by atoms with E-state index in [4.69, 9.17) is 32.7 Å². The average molecular weight is 515 g/mol. The standard InChI is InChI=1S/C21H18Cl2FN5O3.ClH/c1-31-14-8-12-15-18(19(14)32-10-4-6-25-7-5-10)28-21(30)29(20(15)27-9-26-12)13-3-2-11(22)16(23)17(13)24;/h2-3,8-10,25H,4-7H2,1H3,(H,26,27);1H. The number of nitrogens with zero attached hydrogens (tertiary/aromatic N) is 3. The normalized spacial score (nSPS) is 15.2. The summed E-state index contributed by atoms with van der Waals surface area (Å²) >= 11 is 11.9. The quantitative estimate of drug-likeness (QED) is 0.499. The van der Waals surface area contributed by atoms with Crippen LogP contribution in [0.25, 0.3) is 16.6 Å². The Morgan fingerprint density at radius 2 is 2.00 bits per heavy atom. The van der Waals surface area contributed by atoms with E-state index in [1.807, 2.05) is 0 Å². The summed E-state index contributed by atoms with van der Waals surface area (Å²) in [5.41, 5.74) is 0.0498. The molecule has 0 saturated carbocycles. The molecule has 12 heteroatoms. The van der Waals surface area contributed by atoms with E-state index in [1.54, 1.807) is 6.07 Å². The van der Waals surface area contributed by atoms with Crippen molar-refractivity contribution >= 4 is 64.4 Å². The van der Waals surface area contributed by atoms with Gasteiger partial charge in [-0.25, -0.2) is 18.7 Å². The number of piperidine rings is 1. The van der Waals surface area contributed by atoms with E-state index in [0.717, 1.165) is 30.5 Å². The lowest BCUT2D eigenvalue weighted by molar-refractivity contribution is 0.158. The molecule has 3 heterocycles. The third kappa shape index (κ3) is 3.99. The molecule has 2 aromatic carbocycles. The summed E-state index contributed by atoms with van der Waals surface area (Å²) in [4.78, 5) is 21.7. The Kier molecular flexibility index (Phi) is 6.67. The van der Waals surface area contributed by atoms with E-state index in [0.29, 0.717) is 28.1 Å². The van der Waals surface area contributed by atoms with Crippen LogP contribution in [0.1, 0.15) is 12.8 Å². The Morgan fingerprint density at radius 1 is 1.24 bits per heavy atom. The molecule has 1 saturated heterocycles. The van der Waals surface area contributed by atoms with Gasteiger partial charge in [0.25, 0.3) is 0 Å². The number of benzene rings is 2. The molecule has 2 aliphatic rings. The van der Waals surface area contributed by atoms with Gasteiger partial charge in [-0.05, 0) is 38.1 Å². The van der Waals surface area contributed by atoms with Gasteiger partial charge in [0, 0.05) is 6.07 Å². The summed E-state index contributed by atoms with van der Waals surface area (Å²) < 4.78 is 27.8. The smallest absolute Gasteiger partial charge is 0.354 e. The highest BCUT2D eigenvalue weighted by Crippen LogP contribution is 2.45. The lowest BCUT2D eigenvalue weighted by atomic mass is 10.1. The monoisotopic (exact) mass is 513 g/mol. The average Bonchev–Trinajstić information content (AvgIpc) is 2.80. The van der Waals surface area contributed by atoms with Gasteiger partial charge in [-0.15, -0.1) is 12.4 Å². The summed E-state index contributed by atoms with van der Waals surface area (Å²) in [6.45, 7) is 1.66. The number of anilines is 1. The molecule has 0 atom stereocenters. The van der Waals surface area contributed by atoms with Crippen molar-refractivity contribution in [1.82, 2.24) is 14.9 Å². The molecule has 0 unspecified atom stereocenters. The molecular weight excluding hydrogens is 496 g/mol. The second-order valence-corrected chi connectivity index (χ2v) is 8.18. The number of rotatable bonds is 4. The first-order chi connectivity index (χ1) is 15.5. The molecule has 8 nitrogen and oxygen atoms in total. The van der Waals surface area contributed by atoms with Gasteiger partial charge in [0.1, 0.15) is 11.6 Å². The van der Waals surface area contributed by atoms with Crippen LogP contribution in [0.2, 0.25) is 10.0 Å². The molecule has 174 valence electrons. The predicted octanol–water partition coefficient (Wildman–Crippen LogP) is 4.48. The van der Waals surface area contributed by atoms with Crippen molar-refractivity contribution in [3.63, 3.8) is 0 Å². The first kappa shape index (κ1) is 23.6. The van der Waals surface area contributed by atoms with Gasteiger partial charge in [-0.1, -0.05) is 23.2 Å². The molecule has 0 aliphatic carbocycles. The molecule has 0 amide bonds. The number of hydrogen-bond donors (Lipinski definition) is 2. The van der Waals surface area contributed by atoms with E-state index in [1.165, 1.54) is 25.6 Å². The summed E-state index contributed by atoms with van der Waals surface area (Å²) in [5.74, 6) is 0.153. The number of aliphatic imine (C=N–C) groups is 1. The largest absolute Gasteiger partial charge is 0.493 e. The second kappa shape index (κ2) is 9.34. The minimum Gasteiger partial charge on any atom is -0.493 e. The van der Waals surface area contributed by atoms with E-state index in [9.17, 15) is 9.18 Å². The van der Waals surface area contributed by atoms with Crippen LogP contribution < -0.4 is 25.8 Å². The van der Waals surface area contributed by atoms with E-state index in [2.05, 4.69) is 20.6 Å². The second-order valence-electron chi connectivity index (χ2n) is 7.40. The van der Waals surface area contributed by atoms with Crippen molar-refractivity contribution in [2.45, 2.75) is 18.9 Å². The lowest BCUT2D eigenvalue weighted by Crippen LogP contribution is -2.34. The first-order valence-electron chi connectivity index (χ1n) is 9.97. The van der Waals surface area contributed by atoms with Crippen LogP contribution in [0.5, 0.6) is 11.5 Å². The minimum absolute atomic E-state index is 0. The zero-order chi connectivity index (χ0) is 22.4. The Labute approximate surface area is 204 Å². The summed E-state index contributed by atoms with van der Waals surface area (Å²) in [5, 5.41) is 6.57. The minimum atomic E-state index is -0.839. The molecule has 0 bridgehead atoms. The van der Waals surface area contributed by atoms with Gasteiger partial charge < -0.3 is 20.1 Å². The van der Waals surface area contributed by atoms with Gasteiger partial charge in [0.2, 0.25) is 0 Å². The van der Waals surface area contributed by atoms with Crippen molar-refractivity contribution in [3.8, 4) is 17.2 Å². The molecule has 1 aromatic heterocycles. The predicted molar refractivity (Wildman–Crippen MR) is 129 cm³/mol. The maximum atomic E-state index is 14.9. The maximum Gasteiger partial charge on any atom is 0.354 e. The van der Waals surface area contributed by atoms with Crippen LogP contribution in [0.4, 0.5) is 15.9 Å². The van der Waals surface area contributed by atoms with Crippen LogP contribution in [0.3, 0.4) is 0 Å². The molecule has 0 spiro atoms. The van der Waals surface area contributed by atoms with Crippen molar-refractivity contribution in [1.29, 1.82) is 0 Å². The molecular formula is C21H19Cl3FN5O3. The highest BCUT2D eigenvalue weighted by molar-refractivity contribution is 6.42. The number of aromatic nitrogens is 2. The Morgan fingerprint density at radius 3 is 2.73 bits per heavy atom. The van der Waals surface area contributed by atoms with Crippen molar-refractivity contribution in [3.05, 3.63) is 44.5 Å². The van der Waals surface area contributed by atoms with Gasteiger partial charge >= 0.3 is 5.69 Å². The Hall–Kier alpha value is -2.59. The fraction of sp³-hybridized carbons (Fsp3) is 0.286. The molecule has 33 heavy (non-hydrogen) atoms. The van der Waals surface area contributed by atoms with Gasteiger partial charge in [0.05, 0.1) is 40.3 Å². The van der Waals surface area contributed by atoms with Crippen LogP contribution in [-0.4, -0.2) is 42.2 Å². The topological polar surface area (TPSA) is 89.8 Å². The Bertz CT molecular complexity index is 1330. The fourth-order valence-electron chi connectivity index (χ4n) is 3.96. The van der Waals surface area contributed by atoms with Crippen molar-refractivity contribution < 1.29 is 13.9 Å². The molecule has 0 radical (unpaired) electrons. The molecule has 5 rings (SSSR count). The number of methoxy groups -OCH3 is 1. The van der Waals surface area contributed by atoms with E-state index in [-0.39, 0.29) is 40.1 Å². The van der Waals surface area contributed by atoms with E-state index < -0.39 is 11.5 Å². The first-order valence-corrected chi connectivity index (χ1v) is 10.7. The molecule has 1 fully saturated rings.